The smallest absolute Gasteiger partial charge is 0.231 e. The van der Waals surface area contributed by atoms with Gasteiger partial charge in [0.1, 0.15) is 30.4 Å². The van der Waals surface area contributed by atoms with Gasteiger partial charge < -0.3 is 10.1 Å². The second-order valence-electron chi connectivity index (χ2n) is 4.50. The minimum Gasteiger partial charge on any atom is -0.492 e. The van der Waals surface area contributed by atoms with E-state index < -0.39 is 0 Å². The van der Waals surface area contributed by atoms with Crippen LogP contribution in [0.3, 0.4) is 0 Å². The number of amides is 1. The zero-order valence-electron chi connectivity index (χ0n) is 10.5. The van der Waals surface area contributed by atoms with Crippen molar-refractivity contribution in [1.82, 2.24) is 20.5 Å². The molecule has 98 valence electrons. The largest absolute Gasteiger partial charge is 0.492 e. The van der Waals surface area contributed by atoms with E-state index >= 15 is 0 Å². The molecule has 1 aromatic carbocycles. The molecule has 3 rings (SSSR count). The molecule has 2 heterocycles. The zero-order valence-corrected chi connectivity index (χ0v) is 10.5. The summed E-state index contributed by atoms with van der Waals surface area (Å²) in [5.74, 6) is 1.10. The molecule has 2 unspecified atom stereocenters. The molecule has 0 spiro atoms. The number of carbonyl (C=O) groups excluding carboxylic acids is 1. The number of aromatic amines is 1. The van der Waals surface area contributed by atoms with E-state index in [0.29, 0.717) is 12.4 Å². The minimum absolute atomic E-state index is 0.0612. The number of fused-ring (bicyclic) bond motifs is 1. The number of nitrogens with one attached hydrogen (secondary N) is 2. The van der Waals surface area contributed by atoms with Crippen LogP contribution in [0.5, 0.6) is 5.75 Å². The number of hydrogen-bond donors (Lipinski definition) is 2. The Labute approximate surface area is 110 Å². The Hall–Kier alpha value is -2.37. The summed E-state index contributed by atoms with van der Waals surface area (Å²) in [5, 5.41) is 9.43. The zero-order chi connectivity index (χ0) is 13.2. The van der Waals surface area contributed by atoms with Crippen molar-refractivity contribution in [2.24, 2.45) is 0 Å². The Morgan fingerprint density at radius 3 is 3.16 bits per heavy atom. The van der Waals surface area contributed by atoms with Gasteiger partial charge >= 0.3 is 0 Å². The topological polar surface area (TPSA) is 79.9 Å². The summed E-state index contributed by atoms with van der Waals surface area (Å²) in [6, 6.07) is 7.40. The van der Waals surface area contributed by atoms with Gasteiger partial charge in [-0.1, -0.05) is 18.2 Å². The van der Waals surface area contributed by atoms with E-state index in [2.05, 4.69) is 20.5 Å². The Kier molecular flexibility index (Phi) is 2.91. The number of carbonyl (C=O) groups is 1. The van der Waals surface area contributed by atoms with E-state index in [4.69, 9.17) is 4.74 Å². The van der Waals surface area contributed by atoms with Crippen LogP contribution in [0.25, 0.3) is 0 Å². The van der Waals surface area contributed by atoms with Gasteiger partial charge in [0.05, 0.1) is 6.04 Å². The summed E-state index contributed by atoms with van der Waals surface area (Å²) in [4.78, 5) is 16.3. The lowest BCUT2D eigenvalue weighted by molar-refractivity contribution is -0.123. The average Bonchev–Trinajstić information content (AvgIpc) is 3.08. The first kappa shape index (κ1) is 11.7. The lowest BCUT2D eigenvalue weighted by Crippen LogP contribution is -2.32. The van der Waals surface area contributed by atoms with Crippen LogP contribution in [0.1, 0.15) is 30.3 Å². The molecule has 6 nitrogen and oxygen atoms in total. The Balaban J connectivity index is 1.72. The number of H-pyrrole nitrogens is 1. The van der Waals surface area contributed by atoms with E-state index in [9.17, 15) is 4.79 Å². The number of aromatic nitrogens is 3. The van der Waals surface area contributed by atoms with Gasteiger partial charge in [-0.2, -0.15) is 5.10 Å². The minimum atomic E-state index is -0.262. The average molecular weight is 258 g/mol. The number of nitrogens with zero attached hydrogens (tertiary/aromatic N) is 2. The molecular formula is C13H14N4O2. The third-order valence-electron chi connectivity index (χ3n) is 3.22. The highest BCUT2D eigenvalue weighted by molar-refractivity contribution is 5.85. The van der Waals surface area contributed by atoms with Crippen LogP contribution in [0.2, 0.25) is 0 Å². The van der Waals surface area contributed by atoms with Crippen molar-refractivity contribution in [1.29, 1.82) is 0 Å². The van der Waals surface area contributed by atoms with Gasteiger partial charge in [0.15, 0.2) is 0 Å². The summed E-state index contributed by atoms with van der Waals surface area (Å²) in [6.45, 7) is 2.24. The summed E-state index contributed by atoms with van der Waals surface area (Å²) in [7, 11) is 0. The second-order valence-corrected chi connectivity index (χ2v) is 4.50. The van der Waals surface area contributed by atoms with Crippen molar-refractivity contribution in [3.63, 3.8) is 0 Å². The lowest BCUT2D eigenvalue weighted by Gasteiger charge is -2.14. The van der Waals surface area contributed by atoms with E-state index in [-0.39, 0.29) is 17.9 Å². The van der Waals surface area contributed by atoms with Crippen molar-refractivity contribution in [2.75, 3.05) is 6.61 Å². The number of benzene rings is 1. The summed E-state index contributed by atoms with van der Waals surface area (Å²) < 4.78 is 5.51. The standard InChI is InChI=1S/C13H14N4O2/c1-8(12-14-7-15-17-12)16-13(18)10-6-19-11-5-3-2-4-9(10)11/h2-5,7-8,10H,6H2,1H3,(H,16,18)(H,14,15,17). The van der Waals surface area contributed by atoms with Gasteiger partial charge in [0.2, 0.25) is 5.91 Å². The molecule has 0 bridgehead atoms. The van der Waals surface area contributed by atoms with E-state index in [1.165, 1.54) is 6.33 Å². The maximum absolute atomic E-state index is 12.3. The van der Waals surface area contributed by atoms with Crippen LogP contribution < -0.4 is 10.1 Å². The van der Waals surface area contributed by atoms with E-state index in [1.54, 1.807) is 0 Å². The van der Waals surface area contributed by atoms with Crippen LogP contribution in [0, 0.1) is 0 Å². The fourth-order valence-electron chi connectivity index (χ4n) is 2.19. The predicted octanol–water partition coefficient (Wildman–Crippen LogP) is 1.16. The molecule has 0 saturated carbocycles. The van der Waals surface area contributed by atoms with Crippen molar-refractivity contribution in [2.45, 2.75) is 18.9 Å². The first-order valence-corrected chi connectivity index (χ1v) is 6.13. The SMILES string of the molecule is CC(NC(=O)C1COc2ccccc21)c1ncn[nH]1. The van der Waals surface area contributed by atoms with Crippen molar-refractivity contribution in [3.05, 3.63) is 42.0 Å². The van der Waals surface area contributed by atoms with Gasteiger partial charge in [-0.05, 0) is 13.0 Å². The molecule has 2 aromatic rings. The molecule has 1 aromatic heterocycles. The molecule has 0 fully saturated rings. The Bertz CT molecular complexity index is 582. The predicted molar refractivity (Wildman–Crippen MR) is 67.6 cm³/mol. The number of para-hydroxylation sites is 1. The van der Waals surface area contributed by atoms with Gasteiger partial charge in [0.25, 0.3) is 0 Å². The van der Waals surface area contributed by atoms with E-state index in [1.807, 2.05) is 31.2 Å². The molecule has 2 atom stereocenters. The maximum atomic E-state index is 12.3. The monoisotopic (exact) mass is 258 g/mol. The molecule has 0 radical (unpaired) electrons. The van der Waals surface area contributed by atoms with Crippen molar-refractivity contribution < 1.29 is 9.53 Å². The van der Waals surface area contributed by atoms with Crippen molar-refractivity contribution >= 4 is 5.91 Å². The first-order valence-electron chi connectivity index (χ1n) is 6.13. The molecule has 1 amide bonds. The molecule has 0 aliphatic carbocycles. The Morgan fingerprint density at radius 2 is 2.37 bits per heavy atom. The summed E-state index contributed by atoms with van der Waals surface area (Å²) in [6.07, 6.45) is 1.42. The molecule has 1 aliphatic rings. The molecular weight excluding hydrogens is 244 g/mol. The van der Waals surface area contributed by atoms with Gasteiger partial charge in [-0.3, -0.25) is 9.89 Å². The second kappa shape index (κ2) is 4.72. The number of ether oxygens (including phenoxy) is 1. The van der Waals surface area contributed by atoms with Gasteiger partial charge in [-0.15, -0.1) is 0 Å². The number of hydrogen-bond acceptors (Lipinski definition) is 4. The van der Waals surface area contributed by atoms with Gasteiger partial charge in [0, 0.05) is 5.56 Å². The lowest BCUT2D eigenvalue weighted by atomic mass is 10.0. The van der Waals surface area contributed by atoms with Crippen molar-refractivity contribution in [3.8, 4) is 5.75 Å². The molecule has 19 heavy (non-hydrogen) atoms. The third-order valence-corrected chi connectivity index (χ3v) is 3.22. The highest BCUT2D eigenvalue weighted by Gasteiger charge is 2.30. The summed E-state index contributed by atoms with van der Waals surface area (Å²) >= 11 is 0. The van der Waals surface area contributed by atoms with Crippen LogP contribution in [0.4, 0.5) is 0 Å². The van der Waals surface area contributed by atoms with Crippen LogP contribution in [-0.4, -0.2) is 27.7 Å². The molecule has 2 N–H and O–H groups in total. The molecule has 6 heteroatoms. The maximum Gasteiger partial charge on any atom is 0.231 e. The van der Waals surface area contributed by atoms with Crippen LogP contribution >= 0.6 is 0 Å². The first-order chi connectivity index (χ1) is 9.25. The number of rotatable bonds is 3. The molecule has 1 aliphatic heterocycles. The normalized spacial score (nSPS) is 18.5. The quantitative estimate of drug-likeness (QED) is 0.865. The fraction of sp³-hybridized carbons (Fsp3) is 0.308. The Morgan fingerprint density at radius 1 is 1.53 bits per heavy atom. The highest BCUT2D eigenvalue weighted by Crippen LogP contribution is 2.33. The van der Waals surface area contributed by atoms with Crippen LogP contribution in [-0.2, 0) is 4.79 Å². The van der Waals surface area contributed by atoms with E-state index in [0.717, 1.165) is 11.3 Å². The molecule has 0 saturated heterocycles. The van der Waals surface area contributed by atoms with Crippen LogP contribution in [0.15, 0.2) is 30.6 Å². The summed E-state index contributed by atoms with van der Waals surface area (Å²) in [5.41, 5.74) is 0.935. The third kappa shape index (κ3) is 2.16. The van der Waals surface area contributed by atoms with Gasteiger partial charge in [-0.25, -0.2) is 4.98 Å². The highest BCUT2D eigenvalue weighted by atomic mass is 16.5. The fourth-order valence-corrected chi connectivity index (χ4v) is 2.19.